The highest BCUT2D eigenvalue weighted by molar-refractivity contribution is 6.55. The van der Waals surface area contributed by atoms with Gasteiger partial charge >= 0.3 is 0 Å². The third kappa shape index (κ3) is 12.6. The van der Waals surface area contributed by atoms with Crippen molar-refractivity contribution in [2.75, 3.05) is 18.4 Å². The Morgan fingerprint density at radius 1 is 0.955 bits per heavy atom. The van der Waals surface area contributed by atoms with Gasteiger partial charge in [-0.25, -0.2) is 0 Å². The lowest BCUT2D eigenvalue weighted by molar-refractivity contribution is -0.139. The lowest BCUT2D eigenvalue weighted by atomic mass is 10.0. The summed E-state index contributed by atoms with van der Waals surface area (Å²) in [5.74, 6) is -3.29. The Balaban J connectivity index is 1.74. The van der Waals surface area contributed by atoms with E-state index in [4.69, 9.17) is 12.6 Å². The van der Waals surface area contributed by atoms with Crippen molar-refractivity contribution in [2.45, 2.75) is 84.9 Å². The molecule has 0 bridgehead atoms. The number of benzene rings is 1. The average molecular weight is 612 g/mol. The molecule has 1 heterocycles. The van der Waals surface area contributed by atoms with Crippen LogP contribution in [0, 0.1) is 11.8 Å². The first-order valence-corrected chi connectivity index (χ1v) is 14.8. The molecule has 2 radical (unpaired) electrons. The minimum absolute atomic E-state index is 0.00249. The van der Waals surface area contributed by atoms with Gasteiger partial charge in [0, 0.05) is 31.0 Å². The zero-order valence-corrected chi connectivity index (χ0v) is 25.8. The fourth-order valence-corrected chi connectivity index (χ4v) is 4.53. The van der Waals surface area contributed by atoms with Crippen molar-refractivity contribution in [1.29, 1.82) is 0 Å². The normalized spacial score (nSPS) is 15.8. The van der Waals surface area contributed by atoms with Gasteiger partial charge in [-0.15, -0.1) is 0 Å². The molecule has 1 saturated heterocycles. The molecule has 3 atom stereocenters. The van der Waals surface area contributed by atoms with Crippen molar-refractivity contribution < 1.29 is 38.3 Å². The first-order valence-electron chi connectivity index (χ1n) is 14.8. The molecular weight excluding hydrogens is 569 g/mol. The summed E-state index contributed by atoms with van der Waals surface area (Å²) in [6, 6.07) is 4.67. The molecule has 0 aliphatic carbocycles. The van der Waals surface area contributed by atoms with E-state index < -0.39 is 35.7 Å². The van der Waals surface area contributed by atoms with Crippen LogP contribution >= 0.6 is 0 Å². The topological polar surface area (TPSA) is 180 Å². The van der Waals surface area contributed by atoms with Crippen LogP contribution in [0.25, 0.3) is 0 Å². The SMILES string of the molecule is [B]C(=O)OCc1ccc(NC(=O)CNC(=O)C(C)NC(=O)C(CC(C)C)NC(=O)CCCCCN2C(=O)CC(C)C2=O)cc1. The highest BCUT2D eigenvalue weighted by Crippen LogP contribution is 2.19. The molecular formula is C30H42BN5O8. The van der Waals surface area contributed by atoms with Crippen molar-refractivity contribution in [3.8, 4) is 0 Å². The molecule has 1 aromatic rings. The maximum atomic E-state index is 12.9. The molecule has 4 N–H and O–H groups in total. The molecule has 0 saturated carbocycles. The van der Waals surface area contributed by atoms with Gasteiger partial charge in [0.25, 0.3) is 0 Å². The van der Waals surface area contributed by atoms with Crippen molar-refractivity contribution in [1.82, 2.24) is 20.9 Å². The van der Waals surface area contributed by atoms with Crippen LogP contribution in [0.2, 0.25) is 0 Å². The monoisotopic (exact) mass is 611 g/mol. The van der Waals surface area contributed by atoms with Crippen molar-refractivity contribution in [3.63, 3.8) is 0 Å². The van der Waals surface area contributed by atoms with E-state index in [1.54, 1.807) is 31.2 Å². The second-order valence-corrected chi connectivity index (χ2v) is 11.3. The summed E-state index contributed by atoms with van der Waals surface area (Å²) in [6.45, 7) is 7.03. The summed E-state index contributed by atoms with van der Waals surface area (Å²) in [7, 11) is 4.93. The van der Waals surface area contributed by atoms with Crippen LogP contribution in [-0.4, -0.2) is 79.2 Å². The van der Waals surface area contributed by atoms with E-state index in [0.717, 1.165) is 0 Å². The fourth-order valence-electron chi connectivity index (χ4n) is 4.53. The second kappa shape index (κ2) is 17.8. The Labute approximate surface area is 259 Å². The molecule has 3 unspecified atom stereocenters. The van der Waals surface area contributed by atoms with Gasteiger partial charge in [-0.1, -0.05) is 39.3 Å². The van der Waals surface area contributed by atoms with Gasteiger partial charge < -0.3 is 26.0 Å². The first-order chi connectivity index (χ1) is 20.8. The van der Waals surface area contributed by atoms with Crippen LogP contribution < -0.4 is 21.3 Å². The van der Waals surface area contributed by atoms with Crippen molar-refractivity contribution >= 4 is 54.8 Å². The van der Waals surface area contributed by atoms with Crippen LogP contribution in [0.5, 0.6) is 0 Å². The summed E-state index contributed by atoms with van der Waals surface area (Å²) in [4.78, 5) is 86.2. The third-order valence-electron chi connectivity index (χ3n) is 6.91. The van der Waals surface area contributed by atoms with Gasteiger partial charge in [-0.3, -0.25) is 38.5 Å². The molecule has 1 aromatic carbocycles. The number of hydrogen-bond donors (Lipinski definition) is 4. The third-order valence-corrected chi connectivity index (χ3v) is 6.91. The molecule has 13 nitrogen and oxygen atoms in total. The second-order valence-electron chi connectivity index (χ2n) is 11.3. The van der Waals surface area contributed by atoms with E-state index in [2.05, 4.69) is 21.3 Å². The molecule has 2 rings (SSSR count). The predicted octanol–water partition coefficient (Wildman–Crippen LogP) is 1.54. The van der Waals surface area contributed by atoms with E-state index in [0.29, 0.717) is 43.5 Å². The molecule has 1 aliphatic heterocycles. The zero-order valence-electron chi connectivity index (χ0n) is 25.8. The number of nitrogens with one attached hydrogen (secondary N) is 4. The Hall–Kier alpha value is -4.23. The lowest BCUT2D eigenvalue weighted by Gasteiger charge is -2.22. The number of likely N-dealkylation sites (tertiary alicyclic amines) is 1. The van der Waals surface area contributed by atoms with Crippen LogP contribution in [-0.2, 0) is 40.1 Å². The number of rotatable bonds is 17. The largest absolute Gasteiger partial charge is 0.470 e. The van der Waals surface area contributed by atoms with Crippen LogP contribution in [0.15, 0.2) is 24.3 Å². The molecule has 14 heteroatoms. The van der Waals surface area contributed by atoms with Gasteiger partial charge in [0.2, 0.25) is 49.2 Å². The van der Waals surface area contributed by atoms with E-state index in [-0.39, 0.29) is 55.6 Å². The Kier molecular flexibility index (Phi) is 14.5. The summed E-state index contributed by atoms with van der Waals surface area (Å²) < 4.78 is 4.70. The highest BCUT2D eigenvalue weighted by Gasteiger charge is 2.34. The molecule has 1 aliphatic rings. The first kappa shape index (κ1) is 36.0. The lowest BCUT2D eigenvalue weighted by Crippen LogP contribution is -2.53. The van der Waals surface area contributed by atoms with Gasteiger partial charge in [-0.2, -0.15) is 0 Å². The van der Waals surface area contributed by atoms with Gasteiger partial charge in [0.15, 0.2) is 0 Å². The Morgan fingerprint density at radius 3 is 2.23 bits per heavy atom. The van der Waals surface area contributed by atoms with Gasteiger partial charge in [-0.05, 0) is 49.8 Å². The fraction of sp³-hybridized carbons (Fsp3) is 0.567. The maximum Gasteiger partial charge on any atom is 0.243 e. The number of amides is 6. The molecule has 44 heavy (non-hydrogen) atoms. The molecule has 0 spiro atoms. The summed E-state index contributed by atoms with van der Waals surface area (Å²) in [5.41, 5.74) is 1.14. The van der Waals surface area contributed by atoms with Crippen LogP contribution in [0.4, 0.5) is 10.5 Å². The van der Waals surface area contributed by atoms with E-state index in [1.807, 2.05) is 13.8 Å². The summed E-state index contributed by atoms with van der Waals surface area (Å²) >= 11 is 0. The molecule has 0 aromatic heterocycles. The summed E-state index contributed by atoms with van der Waals surface area (Å²) in [5, 5.41) is 10.4. The number of imide groups is 1. The number of carbonyl (C=O) groups is 7. The van der Waals surface area contributed by atoms with Gasteiger partial charge in [0.1, 0.15) is 18.7 Å². The number of nitrogens with zero attached hydrogens (tertiary/aromatic N) is 1. The van der Waals surface area contributed by atoms with E-state index in [9.17, 15) is 33.6 Å². The number of carbonyl (C=O) groups excluding carboxylic acids is 7. The highest BCUT2D eigenvalue weighted by atomic mass is 16.5. The summed E-state index contributed by atoms with van der Waals surface area (Å²) in [6.07, 6.45) is 2.54. The van der Waals surface area contributed by atoms with Crippen LogP contribution in [0.1, 0.15) is 71.8 Å². The van der Waals surface area contributed by atoms with E-state index in [1.165, 1.54) is 11.8 Å². The maximum absolute atomic E-state index is 12.9. The minimum Gasteiger partial charge on any atom is -0.470 e. The average Bonchev–Trinajstić information content (AvgIpc) is 3.20. The standard InChI is InChI=1S/C30H42BN5O8/c1-18(2)14-23(35-24(37)8-6-5-7-13-36-26(39)15-19(3)29(36)42)28(41)33-20(4)27(40)32-16-25(38)34-22-11-9-21(10-12-22)17-44-30(31)43/h9-12,18-20,23H,5-8,13-17H2,1-4H3,(H,32,40)(H,33,41)(H,34,38)(H,35,37). The molecule has 238 valence electrons. The number of unbranched alkanes of at least 4 members (excludes halogenated alkanes) is 2. The van der Waals surface area contributed by atoms with Crippen molar-refractivity contribution in [2.24, 2.45) is 11.8 Å². The number of ether oxygens (including phenoxy) is 1. The Morgan fingerprint density at radius 2 is 1.64 bits per heavy atom. The zero-order chi connectivity index (χ0) is 32.8. The van der Waals surface area contributed by atoms with Gasteiger partial charge in [0.05, 0.1) is 6.54 Å². The van der Waals surface area contributed by atoms with Crippen LogP contribution in [0.3, 0.4) is 0 Å². The quantitative estimate of drug-likeness (QED) is 0.116. The number of hydrogen-bond acceptors (Lipinski definition) is 8. The molecule has 1 fully saturated rings. The molecule has 6 amide bonds. The van der Waals surface area contributed by atoms with Crippen molar-refractivity contribution in [3.05, 3.63) is 29.8 Å². The number of anilines is 1. The minimum atomic E-state index is -0.967. The smallest absolute Gasteiger partial charge is 0.243 e. The predicted molar refractivity (Wildman–Crippen MR) is 162 cm³/mol. The Bertz CT molecular complexity index is 1210. The van der Waals surface area contributed by atoms with E-state index >= 15 is 0 Å².